The molecule has 0 radical (unpaired) electrons. The molecule has 1 saturated heterocycles. The first-order chi connectivity index (χ1) is 10.8. The Bertz CT molecular complexity index is 719. The van der Waals surface area contributed by atoms with Crippen LogP contribution in [0.3, 0.4) is 0 Å². The standard InChI is InChI=1S/C19H19N3/c20-15-21-11-10-19(13-21)12-16-6-4-5-9-18(16)22(14-19)17-7-2-1-3-8-17/h1-9H,10-14H2. The van der Waals surface area contributed by atoms with E-state index in [9.17, 15) is 5.26 Å². The van der Waals surface area contributed by atoms with Crippen LogP contribution >= 0.6 is 0 Å². The summed E-state index contributed by atoms with van der Waals surface area (Å²) in [6.07, 6.45) is 4.50. The number of benzene rings is 2. The number of rotatable bonds is 1. The van der Waals surface area contributed by atoms with Crippen molar-refractivity contribution in [2.45, 2.75) is 12.8 Å². The van der Waals surface area contributed by atoms with Crippen LogP contribution in [-0.2, 0) is 6.42 Å². The van der Waals surface area contributed by atoms with Crippen LogP contribution in [0.15, 0.2) is 54.6 Å². The summed E-state index contributed by atoms with van der Waals surface area (Å²) in [6, 6.07) is 19.3. The molecule has 2 heterocycles. The number of fused-ring (bicyclic) bond motifs is 1. The molecule has 3 nitrogen and oxygen atoms in total. The molecule has 0 aromatic heterocycles. The summed E-state index contributed by atoms with van der Waals surface area (Å²) in [5.41, 5.74) is 4.15. The van der Waals surface area contributed by atoms with Gasteiger partial charge in [-0.3, -0.25) is 0 Å². The number of hydrogen-bond acceptors (Lipinski definition) is 3. The first-order valence-corrected chi connectivity index (χ1v) is 7.85. The second kappa shape index (κ2) is 5.06. The van der Waals surface area contributed by atoms with Gasteiger partial charge in [0.15, 0.2) is 6.19 Å². The van der Waals surface area contributed by atoms with E-state index in [0.717, 1.165) is 32.5 Å². The number of nitriles is 1. The minimum atomic E-state index is 0.194. The first-order valence-electron chi connectivity index (χ1n) is 7.85. The van der Waals surface area contributed by atoms with Crippen molar-refractivity contribution in [2.24, 2.45) is 5.41 Å². The monoisotopic (exact) mass is 289 g/mol. The van der Waals surface area contributed by atoms with Gasteiger partial charge < -0.3 is 9.80 Å². The maximum absolute atomic E-state index is 9.22. The summed E-state index contributed by atoms with van der Waals surface area (Å²) in [5, 5.41) is 9.22. The Balaban J connectivity index is 1.76. The maximum atomic E-state index is 9.22. The summed E-state index contributed by atoms with van der Waals surface area (Å²) in [7, 11) is 0. The molecule has 0 bridgehead atoms. The van der Waals surface area contributed by atoms with Crippen molar-refractivity contribution in [1.29, 1.82) is 5.26 Å². The summed E-state index contributed by atoms with van der Waals surface area (Å²) in [5.74, 6) is 0. The van der Waals surface area contributed by atoms with Crippen molar-refractivity contribution < 1.29 is 0 Å². The number of para-hydroxylation sites is 2. The Morgan fingerprint density at radius 1 is 0.955 bits per heavy atom. The van der Waals surface area contributed by atoms with Crippen molar-refractivity contribution in [3.8, 4) is 6.19 Å². The van der Waals surface area contributed by atoms with Gasteiger partial charge >= 0.3 is 0 Å². The largest absolute Gasteiger partial charge is 0.341 e. The molecule has 0 N–H and O–H groups in total. The van der Waals surface area contributed by atoms with E-state index in [0.29, 0.717) is 0 Å². The van der Waals surface area contributed by atoms with Crippen molar-refractivity contribution in [2.75, 3.05) is 24.5 Å². The van der Waals surface area contributed by atoms with E-state index in [-0.39, 0.29) is 5.41 Å². The van der Waals surface area contributed by atoms with Gasteiger partial charge in [0.05, 0.1) is 0 Å². The molecule has 1 spiro atoms. The fourth-order valence-corrected chi connectivity index (χ4v) is 3.94. The molecular formula is C19H19N3. The van der Waals surface area contributed by atoms with Gasteiger partial charge in [0.2, 0.25) is 0 Å². The number of anilines is 2. The zero-order valence-electron chi connectivity index (χ0n) is 12.6. The zero-order chi connectivity index (χ0) is 15.0. The Morgan fingerprint density at radius 3 is 2.50 bits per heavy atom. The highest BCUT2D eigenvalue weighted by molar-refractivity contribution is 5.68. The van der Waals surface area contributed by atoms with Gasteiger partial charge in [0.1, 0.15) is 0 Å². The van der Waals surface area contributed by atoms with Crippen molar-refractivity contribution in [1.82, 2.24) is 4.90 Å². The van der Waals surface area contributed by atoms with Crippen LogP contribution in [0.4, 0.5) is 11.4 Å². The van der Waals surface area contributed by atoms with Gasteiger partial charge in [-0.1, -0.05) is 36.4 Å². The van der Waals surface area contributed by atoms with Gasteiger partial charge in [0.25, 0.3) is 0 Å². The van der Waals surface area contributed by atoms with Gasteiger partial charge in [-0.2, -0.15) is 5.26 Å². The predicted molar refractivity (Wildman–Crippen MR) is 87.8 cm³/mol. The minimum absolute atomic E-state index is 0.194. The predicted octanol–water partition coefficient (Wildman–Crippen LogP) is 3.55. The maximum Gasteiger partial charge on any atom is 0.179 e. The topological polar surface area (TPSA) is 30.3 Å². The summed E-state index contributed by atoms with van der Waals surface area (Å²) < 4.78 is 0. The molecule has 2 aromatic carbocycles. The average Bonchev–Trinajstić information content (AvgIpc) is 2.97. The highest BCUT2D eigenvalue weighted by Crippen LogP contribution is 2.44. The third-order valence-electron chi connectivity index (χ3n) is 4.99. The summed E-state index contributed by atoms with van der Waals surface area (Å²) in [4.78, 5) is 4.34. The molecule has 0 aliphatic carbocycles. The second-order valence-electron chi connectivity index (χ2n) is 6.50. The Labute approximate surface area is 131 Å². The average molecular weight is 289 g/mol. The number of hydrogen-bond donors (Lipinski definition) is 0. The van der Waals surface area contributed by atoms with Crippen LogP contribution in [-0.4, -0.2) is 24.5 Å². The van der Waals surface area contributed by atoms with E-state index < -0.39 is 0 Å². The Morgan fingerprint density at radius 2 is 1.73 bits per heavy atom. The second-order valence-corrected chi connectivity index (χ2v) is 6.50. The third kappa shape index (κ3) is 2.12. The lowest BCUT2D eigenvalue weighted by Crippen LogP contribution is -2.43. The lowest BCUT2D eigenvalue weighted by atomic mass is 9.76. The van der Waals surface area contributed by atoms with E-state index >= 15 is 0 Å². The Hall–Kier alpha value is -2.47. The van der Waals surface area contributed by atoms with Crippen LogP contribution in [0.5, 0.6) is 0 Å². The molecule has 1 atom stereocenters. The van der Waals surface area contributed by atoms with E-state index in [4.69, 9.17) is 0 Å². The SMILES string of the molecule is N#CN1CCC2(Cc3ccccc3N(c3ccccc3)C2)C1. The van der Waals surface area contributed by atoms with Crippen molar-refractivity contribution >= 4 is 11.4 Å². The molecule has 3 heteroatoms. The van der Waals surface area contributed by atoms with E-state index in [1.54, 1.807) is 0 Å². The number of likely N-dealkylation sites (tertiary alicyclic amines) is 1. The lowest BCUT2D eigenvalue weighted by molar-refractivity contribution is 0.293. The van der Waals surface area contributed by atoms with Crippen LogP contribution in [0.1, 0.15) is 12.0 Å². The van der Waals surface area contributed by atoms with E-state index in [1.165, 1.54) is 16.9 Å². The van der Waals surface area contributed by atoms with Crippen molar-refractivity contribution in [3.05, 3.63) is 60.2 Å². The minimum Gasteiger partial charge on any atom is -0.341 e. The Kier molecular flexibility index (Phi) is 3.04. The summed E-state index contributed by atoms with van der Waals surface area (Å²) >= 11 is 0. The smallest absolute Gasteiger partial charge is 0.179 e. The van der Waals surface area contributed by atoms with Gasteiger partial charge in [-0.15, -0.1) is 0 Å². The van der Waals surface area contributed by atoms with Crippen LogP contribution in [0, 0.1) is 16.9 Å². The molecule has 2 aliphatic rings. The quantitative estimate of drug-likeness (QED) is 0.752. The van der Waals surface area contributed by atoms with E-state index in [2.05, 4.69) is 65.7 Å². The molecule has 1 fully saturated rings. The number of nitrogens with zero attached hydrogens (tertiary/aromatic N) is 3. The molecule has 0 amide bonds. The highest BCUT2D eigenvalue weighted by Gasteiger charge is 2.43. The zero-order valence-corrected chi connectivity index (χ0v) is 12.6. The molecule has 22 heavy (non-hydrogen) atoms. The highest BCUT2D eigenvalue weighted by atomic mass is 15.2. The molecule has 0 saturated carbocycles. The fourth-order valence-electron chi connectivity index (χ4n) is 3.94. The normalized spacial score (nSPS) is 23.4. The molecular weight excluding hydrogens is 270 g/mol. The van der Waals surface area contributed by atoms with Gasteiger partial charge in [0, 0.05) is 36.4 Å². The molecule has 2 aromatic rings. The molecule has 4 rings (SSSR count). The van der Waals surface area contributed by atoms with Gasteiger partial charge in [-0.25, -0.2) is 0 Å². The van der Waals surface area contributed by atoms with Crippen LogP contribution in [0.2, 0.25) is 0 Å². The van der Waals surface area contributed by atoms with Crippen LogP contribution in [0.25, 0.3) is 0 Å². The molecule has 110 valence electrons. The molecule has 2 aliphatic heterocycles. The van der Waals surface area contributed by atoms with E-state index in [1.807, 2.05) is 4.90 Å². The molecule has 1 unspecified atom stereocenters. The summed E-state index contributed by atoms with van der Waals surface area (Å²) in [6.45, 7) is 2.76. The van der Waals surface area contributed by atoms with Gasteiger partial charge in [-0.05, 0) is 36.6 Å². The lowest BCUT2D eigenvalue weighted by Gasteiger charge is -2.42. The fraction of sp³-hybridized carbons (Fsp3) is 0.316. The third-order valence-corrected chi connectivity index (χ3v) is 4.99. The first kappa shape index (κ1) is 13.2. The van der Waals surface area contributed by atoms with Crippen LogP contribution < -0.4 is 4.90 Å². The van der Waals surface area contributed by atoms with Crippen molar-refractivity contribution in [3.63, 3.8) is 0 Å².